The van der Waals surface area contributed by atoms with Gasteiger partial charge in [-0.25, -0.2) is 9.97 Å². The topological polar surface area (TPSA) is 61.6 Å². The minimum atomic E-state index is -5.26. The molecule has 1 N–H and O–H groups in total. The van der Waals surface area contributed by atoms with Gasteiger partial charge in [-0.2, -0.15) is 36.5 Å². The first-order chi connectivity index (χ1) is 14.5. The summed E-state index contributed by atoms with van der Waals surface area (Å²) in [7, 11) is 0. The van der Waals surface area contributed by atoms with Crippen molar-refractivity contribution < 1.29 is 31.4 Å². The van der Waals surface area contributed by atoms with Crippen molar-refractivity contribution in [2.75, 3.05) is 5.01 Å². The van der Waals surface area contributed by atoms with E-state index in [0.717, 1.165) is 11.3 Å². The number of nitrogens with zero attached hydrogens (tertiary/aromatic N) is 4. The lowest BCUT2D eigenvalue weighted by Crippen LogP contribution is -2.55. The summed E-state index contributed by atoms with van der Waals surface area (Å²) in [5.41, 5.74) is -5.19. The molecule has 1 unspecified atom stereocenters. The largest absolute Gasteiger partial charge is 0.438 e. The van der Waals surface area contributed by atoms with Crippen molar-refractivity contribution in [1.82, 2.24) is 9.97 Å². The Hall–Kier alpha value is -2.99. The number of halogens is 6. The maximum Gasteiger partial charge on any atom is 0.438 e. The fourth-order valence-corrected chi connectivity index (χ4v) is 3.68. The third-order valence-electron chi connectivity index (χ3n) is 4.51. The zero-order chi connectivity index (χ0) is 22.4. The summed E-state index contributed by atoms with van der Waals surface area (Å²) < 4.78 is 81.8. The van der Waals surface area contributed by atoms with Crippen LogP contribution in [-0.4, -0.2) is 32.7 Å². The summed E-state index contributed by atoms with van der Waals surface area (Å²) in [5, 5.41) is 15.9. The Labute approximate surface area is 175 Å². The molecule has 0 radical (unpaired) electrons. The lowest BCUT2D eigenvalue weighted by Gasteiger charge is -2.32. The number of thiophene rings is 1. The second-order valence-electron chi connectivity index (χ2n) is 6.63. The molecule has 162 valence electrons. The molecular weight excluding hydrogens is 446 g/mol. The fourth-order valence-electron chi connectivity index (χ4n) is 2.99. The van der Waals surface area contributed by atoms with Crippen LogP contribution in [0.1, 0.15) is 17.7 Å². The van der Waals surface area contributed by atoms with Crippen molar-refractivity contribution in [2.24, 2.45) is 5.10 Å². The normalized spacial score (nSPS) is 19.6. The van der Waals surface area contributed by atoms with Gasteiger partial charge in [-0.1, -0.05) is 36.4 Å². The van der Waals surface area contributed by atoms with Crippen LogP contribution in [0.2, 0.25) is 0 Å². The van der Waals surface area contributed by atoms with Crippen LogP contribution in [0.25, 0.3) is 10.6 Å². The van der Waals surface area contributed by atoms with E-state index < -0.39 is 36.1 Å². The molecule has 1 aliphatic heterocycles. The molecule has 31 heavy (non-hydrogen) atoms. The molecule has 1 aromatic carbocycles. The minimum Gasteiger partial charge on any atom is -0.362 e. The molecule has 5 nitrogen and oxygen atoms in total. The Morgan fingerprint density at radius 2 is 1.68 bits per heavy atom. The van der Waals surface area contributed by atoms with Gasteiger partial charge in [-0.05, 0) is 23.1 Å². The maximum absolute atomic E-state index is 13.8. The number of aliphatic hydroxyl groups is 1. The van der Waals surface area contributed by atoms with Crippen LogP contribution in [0.4, 0.5) is 32.3 Å². The van der Waals surface area contributed by atoms with Crippen LogP contribution in [-0.2, 0) is 6.18 Å². The second-order valence-corrected chi connectivity index (χ2v) is 7.58. The molecule has 0 fully saturated rings. The van der Waals surface area contributed by atoms with Gasteiger partial charge in [0.2, 0.25) is 5.95 Å². The third kappa shape index (κ3) is 3.88. The van der Waals surface area contributed by atoms with Gasteiger partial charge in [0.25, 0.3) is 5.72 Å². The van der Waals surface area contributed by atoms with E-state index in [9.17, 15) is 31.4 Å². The molecule has 4 rings (SSSR count). The summed E-state index contributed by atoms with van der Waals surface area (Å²) in [6.07, 6.45) is -11.2. The van der Waals surface area contributed by atoms with E-state index in [-0.39, 0.29) is 26.9 Å². The Morgan fingerprint density at radius 3 is 2.26 bits per heavy atom. The Balaban J connectivity index is 1.90. The first kappa shape index (κ1) is 21.2. The molecule has 0 spiro atoms. The average molecular weight is 458 g/mol. The summed E-state index contributed by atoms with van der Waals surface area (Å²) in [4.78, 5) is 7.42. The number of hydrazone groups is 1. The van der Waals surface area contributed by atoms with Crippen molar-refractivity contribution in [2.45, 2.75) is 24.5 Å². The molecule has 0 aliphatic carbocycles. The van der Waals surface area contributed by atoms with E-state index in [1.165, 1.54) is 18.2 Å². The van der Waals surface area contributed by atoms with Crippen molar-refractivity contribution in [3.63, 3.8) is 0 Å². The van der Waals surface area contributed by atoms with Crippen LogP contribution in [0, 0.1) is 0 Å². The maximum atomic E-state index is 13.8. The van der Waals surface area contributed by atoms with Crippen LogP contribution in [0.5, 0.6) is 0 Å². The number of aromatic nitrogens is 2. The predicted molar refractivity (Wildman–Crippen MR) is 101 cm³/mol. The van der Waals surface area contributed by atoms with Crippen LogP contribution >= 0.6 is 11.3 Å². The smallest absolute Gasteiger partial charge is 0.362 e. The number of hydrogen-bond donors (Lipinski definition) is 1. The molecule has 12 heteroatoms. The van der Waals surface area contributed by atoms with E-state index in [2.05, 4.69) is 15.1 Å². The highest BCUT2D eigenvalue weighted by Crippen LogP contribution is 2.44. The molecule has 3 aromatic rings. The van der Waals surface area contributed by atoms with Crippen molar-refractivity contribution >= 4 is 23.0 Å². The SMILES string of the molecule is OC1(C(F)(F)F)CC(c2ccccc2)=NN1c1nc(-c2cccs2)cc(C(F)(F)F)n1. The molecule has 2 aromatic heterocycles. The zero-order valence-electron chi connectivity index (χ0n) is 15.3. The number of hydrogen-bond acceptors (Lipinski definition) is 6. The first-order valence-corrected chi connectivity index (χ1v) is 9.59. The molecule has 0 bridgehead atoms. The molecule has 0 saturated carbocycles. The van der Waals surface area contributed by atoms with Crippen LogP contribution in [0.3, 0.4) is 0 Å². The van der Waals surface area contributed by atoms with Gasteiger partial charge < -0.3 is 5.11 Å². The van der Waals surface area contributed by atoms with Gasteiger partial charge in [-0.15, -0.1) is 11.3 Å². The Morgan fingerprint density at radius 1 is 0.968 bits per heavy atom. The van der Waals surface area contributed by atoms with Gasteiger partial charge in [-0.3, -0.25) is 0 Å². The first-order valence-electron chi connectivity index (χ1n) is 8.71. The molecule has 0 amide bonds. The third-order valence-corrected chi connectivity index (χ3v) is 5.41. The predicted octanol–water partition coefficient (Wildman–Crippen LogP) is 5.09. The van der Waals surface area contributed by atoms with Gasteiger partial charge in [0.15, 0.2) is 5.69 Å². The minimum absolute atomic E-state index is 0.0156. The molecule has 3 heterocycles. The van der Waals surface area contributed by atoms with Crippen molar-refractivity contribution in [3.05, 3.63) is 65.2 Å². The van der Waals surface area contributed by atoms with E-state index in [1.807, 2.05) is 0 Å². The monoisotopic (exact) mass is 458 g/mol. The quantitative estimate of drug-likeness (QED) is 0.556. The second kappa shape index (κ2) is 7.31. The van der Waals surface area contributed by atoms with E-state index in [0.29, 0.717) is 6.07 Å². The fraction of sp³-hybridized carbons (Fsp3) is 0.211. The summed E-state index contributed by atoms with van der Waals surface area (Å²) >= 11 is 1.05. The van der Waals surface area contributed by atoms with E-state index >= 15 is 0 Å². The number of alkyl halides is 6. The lowest BCUT2D eigenvalue weighted by atomic mass is 10.0. The van der Waals surface area contributed by atoms with Crippen molar-refractivity contribution in [3.8, 4) is 10.6 Å². The number of rotatable bonds is 3. The van der Waals surface area contributed by atoms with Gasteiger partial charge >= 0.3 is 12.4 Å². The van der Waals surface area contributed by atoms with Crippen LogP contribution in [0.15, 0.2) is 59.0 Å². The Bertz CT molecular complexity index is 1110. The lowest BCUT2D eigenvalue weighted by molar-refractivity contribution is -0.254. The molecule has 1 aliphatic rings. The van der Waals surface area contributed by atoms with Crippen molar-refractivity contribution in [1.29, 1.82) is 0 Å². The Kier molecular flexibility index (Phi) is 5.01. The van der Waals surface area contributed by atoms with Gasteiger partial charge in [0.05, 0.1) is 22.7 Å². The van der Waals surface area contributed by atoms with E-state index in [1.54, 1.807) is 29.6 Å². The van der Waals surface area contributed by atoms with E-state index in [4.69, 9.17) is 0 Å². The average Bonchev–Trinajstić information content (AvgIpc) is 3.36. The number of benzene rings is 1. The summed E-state index contributed by atoms with van der Waals surface area (Å²) in [6.45, 7) is 0. The highest BCUT2D eigenvalue weighted by molar-refractivity contribution is 7.13. The summed E-state index contributed by atoms with van der Waals surface area (Å²) in [6, 6.07) is 11.4. The zero-order valence-corrected chi connectivity index (χ0v) is 16.1. The molecular formula is C19H12F6N4OS. The summed E-state index contributed by atoms with van der Waals surface area (Å²) in [5.74, 6) is -1.01. The highest BCUT2D eigenvalue weighted by atomic mass is 32.1. The molecule has 1 atom stereocenters. The standard InChI is InChI=1S/C19H12F6N4OS/c20-18(21,22)15-9-12(14-7-4-8-31-14)26-16(27-15)29-17(30,19(23,24)25)10-13(28-29)11-5-2-1-3-6-11/h1-9,30H,10H2. The molecule has 0 saturated heterocycles. The van der Waals surface area contributed by atoms with Gasteiger partial charge in [0.1, 0.15) is 0 Å². The van der Waals surface area contributed by atoms with Crippen LogP contribution < -0.4 is 5.01 Å². The highest BCUT2D eigenvalue weighted by Gasteiger charge is 2.63. The van der Waals surface area contributed by atoms with Gasteiger partial charge in [0, 0.05) is 0 Å². The number of anilines is 1.